The highest BCUT2D eigenvalue weighted by Crippen LogP contribution is 2.21. The minimum atomic E-state index is 0.947. The van der Waals surface area contributed by atoms with E-state index in [1.807, 2.05) is 11.8 Å². The zero-order valence-electron chi connectivity index (χ0n) is 11.6. The Kier molecular flexibility index (Phi) is 7.57. The minimum Gasteiger partial charge on any atom is -0.370 e. The van der Waals surface area contributed by atoms with E-state index in [1.54, 1.807) is 6.33 Å². The van der Waals surface area contributed by atoms with Crippen molar-refractivity contribution in [2.24, 2.45) is 0 Å². The topological polar surface area (TPSA) is 49.8 Å². The van der Waals surface area contributed by atoms with Gasteiger partial charge in [-0.25, -0.2) is 9.97 Å². The maximum absolute atomic E-state index is 4.37. The quantitative estimate of drug-likeness (QED) is 0.674. The highest BCUT2D eigenvalue weighted by molar-refractivity contribution is 7.98. The summed E-state index contributed by atoms with van der Waals surface area (Å²) in [5, 5.41) is 6.79. The van der Waals surface area contributed by atoms with E-state index in [9.17, 15) is 0 Å². The van der Waals surface area contributed by atoms with Crippen LogP contribution in [0.1, 0.15) is 32.3 Å². The van der Waals surface area contributed by atoms with E-state index in [2.05, 4.69) is 40.7 Å². The van der Waals surface area contributed by atoms with Crippen molar-refractivity contribution in [1.82, 2.24) is 9.97 Å². The average Bonchev–Trinajstić information content (AvgIpc) is 2.39. The molecule has 0 amide bonds. The lowest BCUT2D eigenvalue weighted by atomic mass is 10.1. The van der Waals surface area contributed by atoms with Crippen molar-refractivity contribution < 1.29 is 0 Å². The van der Waals surface area contributed by atoms with Crippen LogP contribution >= 0.6 is 11.8 Å². The van der Waals surface area contributed by atoms with Crippen LogP contribution in [0.2, 0.25) is 0 Å². The van der Waals surface area contributed by atoms with E-state index in [1.165, 1.54) is 5.56 Å². The van der Waals surface area contributed by atoms with Crippen LogP contribution in [0, 0.1) is 0 Å². The number of nitrogens with zero attached hydrogens (tertiary/aromatic N) is 2. The van der Waals surface area contributed by atoms with Crippen LogP contribution in [0.15, 0.2) is 6.33 Å². The fourth-order valence-corrected chi connectivity index (χ4v) is 2.02. The van der Waals surface area contributed by atoms with Gasteiger partial charge in [-0.1, -0.05) is 20.3 Å². The smallest absolute Gasteiger partial charge is 0.134 e. The number of anilines is 2. The lowest BCUT2D eigenvalue weighted by Crippen LogP contribution is -2.12. The second-order valence-corrected chi connectivity index (χ2v) is 5.13. The van der Waals surface area contributed by atoms with Gasteiger partial charge in [0.15, 0.2) is 0 Å². The Balaban J connectivity index is 2.79. The predicted molar refractivity (Wildman–Crippen MR) is 81.7 cm³/mol. The van der Waals surface area contributed by atoms with Gasteiger partial charge in [0, 0.05) is 24.4 Å². The van der Waals surface area contributed by atoms with Gasteiger partial charge >= 0.3 is 0 Å². The molecule has 0 unspecified atom stereocenters. The molecule has 0 aliphatic carbocycles. The van der Waals surface area contributed by atoms with Gasteiger partial charge in [-0.15, -0.1) is 0 Å². The molecule has 0 aliphatic heterocycles. The van der Waals surface area contributed by atoms with Gasteiger partial charge in [0.1, 0.15) is 18.0 Å². The molecular formula is C13H24N4S. The van der Waals surface area contributed by atoms with Gasteiger partial charge in [-0.2, -0.15) is 11.8 Å². The van der Waals surface area contributed by atoms with Gasteiger partial charge in [-0.3, -0.25) is 0 Å². The number of aromatic nitrogens is 2. The molecule has 1 heterocycles. The Labute approximate surface area is 114 Å². The van der Waals surface area contributed by atoms with Crippen molar-refractivity contribution in [3.05, 3.63) is 11.9 Å². The number of rotatable bonds is 9. The fraction of sp³-hybridized carbons (Fsp3) is 0.692. The summed E-state index contributed by atoms with van der Waals surface area (Å²) in [4.78, 5) is 8.72. The predicted octanol–water partition coefficient (Wildman–Crippen LogP) is 3.03. The lowest BCUT2D eigenvalue weighted by Gasteiger charge is -2.14. The molecule has 0 atom stereocenters. The number of hydrogen-bond donors (Lipinski definition) is 2. The largest absolute Gasteiger partial charge is 0.370 e. The Morgan fingerprint density at radius 1 is 1.06 bits per heavy atom. The van der Waals surface area contributed by atoms with Crippen molar-refractivity contribution in [3.8, 4) is 0 Å². The lowest BCUT2D eigenvalue weighted by molar-refractivity contribution is 0.888. The van der Waals surface area contributed by atoms with Gasteiger partial charge in [0.25, 0.3) is 0 Å². The Hall–Kier alpha value is -0.970. The third-order valence-corrected chi connectivity index (χ3v) is 3.20. The van der Waals surface area contributed by atoms with E-state index >= 15 is 0 Å². The third-order valence-electron chi connectivity index (χ3n) is 2.59. The van der Waals surface area contributed by atoms with Gasteiger partial charge in [0.05, 0.1) is 0 Å². The SMILES string of the molecule is CCCNc1ncnc(NCCSC)c1CCC. The van der Waals surface area contributed by atoms with Gasteiger partial charge in [0.2, 0.25) is 0 Å². The van der Waals surface area contributed by atoms with Crippen molar-refractivity contribution in [2.45, 2.75) is 33.1 Å². The van der Waals surface area contributed by atoms with E-state index in [4.69, 9.17) is 0 Å². The molecule has 2 N–H and O–H groups in total. The summed E-state index contributed by atoms with van der Waals surface area (Å²) < 4.78 is 0. The molecule has 1 rings (SSSR count). The van der Waals surface area contributed by atoms with Crippen LogP contribution in [-0.2, 0) is 6.42 Å². The molecular weight excluding hydrogens is 244 g/mol. The summed E-state index contributed by atoms with van der Waals surface area (Å²) in [6.45, 7) is 6.24. The maximum atomic E-state index is 4.37. The van der Waals surface area contributed by atoms with Crippen molar-refractivity contribution in [3.63, 3.8) is 0 Å². The van der Waals surface area contributed by atoms with Crippen LogP contribution in [0.25, 0.3) is 0 Å². The Morgan fingerprint density at radius 3 is 2.28 bits per heavy atom. The minimum absolute atomic E-state index is 0.947. The average molecular weight is 268 g/mol. The van der Waals surface area contributed by atoms with Crippen molar-refractivity contribution >= 4 is 23.4 Å². The molecule has 18 heavy (non-hydrogen) atoms. The molecule has 0 aromatic carbocycles. The summed E-state index contributed by atoms with van der Waals surface area (Å²) in [5.41, 5.74) is 1.22. The number of nitrogens with one attached hydrogen (secondary N) is 2. The summed E-state index contributed by atoms with van der Waals surface area (Å²) >= 11 is 1.84. The highest BCUT2D eigenvalue weighted by atomic mass is 32.2. The number of hydrogen-bond acceptors (Lipinski definition) is 5. The molecule has 1 aromatic rings. The van der Waals surface area contributed by atoms with Crippen LogP contribution in [0.3, 0.4) is 0 Å². The second kappa shape index (κ2) is 9.03. The number of thioether (sulfide) groups is 1. The molecule has 0 saturated heterocycles. The molecule has 4 nitrogen and oxygen atoms in total. The van der Waals surface area contributed by atoms with E-state index in [0.29, 0.717) is 0 Å². The van der Waals surface area contributed by atoms with Crippen molar-refractivity contribution in [2.75, 3.05) is 35.7 Å². The first-order valence-electron chi connectivity index (χ1n) is 6.64. The highest BCUT2D eigenvalue weighted by Gasteiger charge is 2.09. The Bertz CT molecular complexity index is 344. The first kappa shape index (κ1) is 15.1. The van der Waals surface area contributed by atoms with Gasteiger partial charge < -0.3 is 10.6 Å². The van der Waals surface area contributed by atoms with Crippen LogP contribution in [0.4, 0.5) is 11.6 Å². The zero-order chi connectivity index (χ0) is 13.2. The molecule has 0 bridgehead atoms. The van der Waals surface area contributed by atoms with E-state index < -0.39 is 0 Å². The zero-order valence-corrected chi connectivity index (χ0v) is 12.4. The van der Waals surface area contributed by atoms with Crippen LogP contribution in [0.5, 0.6) is 0 Å². The van der Waals surface area contributed by atoms with Crippen LogP contribution in [-0.4, -0.2) is 35.1 Å². The van der Waals surface area contributed by atoms with E-state index in [-0.39, 0.29) is 0 Å². The molecule has 0 radical (unpaired) electrons. The van der Waals surface area contributed by atoms with E-state index in [0.717, 1.165) is 49.7 Å². The monoisotopic (exact) mass is 268 g/mol. The van der Waals surface area contributed by atoms with Gasteiger partial charge in [-0.05, 0) is 19.1 Å². The summed E-state index contributed by atoms with van der Waals surface area (Å²) in [6, 6.07) is 0. The second-order valence-electron chi connectivity index (χ2n) is 4.15. The summed E-state index contributed by atoms with van der Waals surface area (Å²) in [5.74, 6) is 3.06. The summed E-state index contributed by atoms with van der Waals surface area (Å²) in [6.07, 6.45) is 6.96. The standard InChI is InChI=1S/C13H24N4S/c1-4-6-11-12(14-7-5-2)16-10-17-13(11)15-8-9-18-3/h10H,4-9H2,1-3H3,(H2,14,15,16,17). The molecule has 5 heteroatoms. The molecule has 0 saturated carbocycles. The molecule has 1 aromatic heterocycles. The van der Waals surface area contributed by atoms with Crippen molar-refractivity contribution in [1.29, 1.82) is 0 Å². The Morgan fingerprint density at radius 2 is 1.72 bits per heavy atom. The molecule has 0 spiro atoms. The molecule has 0 aliphatic rings. The molecule has 102 valence electrons. The maximum Gasteiger partial charge on any atom is 0.134 e. The summed E-state index contributed by atoms with van der Waals surface area (Å²) in [7, 11) is 0. The third kappa shape index (κ3) is 4.72. The first-order chi connectivity index (χ1) is 8.83. The normalized spacial score (nSPS) is 10.4. The molecule has 0 fully saturated rings. The van der Waals surface area contributed by atoms with Crippen LogP contribution < -0.4 is 10.6 Å². The first-order valence-corrected chi connectivity index (χ1v) is 8.03. The fourth-order valence-electron chi connectivity index (χ4n) is 1.72.